The van der Waals surface area contributed by atoms with Gasteiger partial charge in [-0.1, -0.05) is 6.92 Å². The molecule has 0 N–H and O–H groups in total. The van der Waals surface area contributed by atoms with Crippen LogP contribution in [0.25, 0.3) is 5.65 Å². The summed E-state index contributed by atoms with van der Waals surface area (Å²) in [7, 11) is 0. The van der Waals surface area contributed by atoms with Crippen LogP contribution < -0.4 is 9.64 Å². The fraction of sp³-hybridized carbons (Fsp3) is 0.412. The zero-order chi connectivity index (χ0) is 16.4. The first-order valence-electron chi connectivity index (χ1n) is 8.31. The second-order valence-electron chi connectivity index (χ2n) is 6.06. The highest BCUT2D eigenvalue weighted by atomic mass is 16.5. The van der Waals surface area contributed by atoms with E-state index in [-0.39, 0.29) is 0 Å². The van der Waals surface area contributed by atoms with Crippen molar-refractivity contribution in [3.63, 3.8) is 0 Å². The van der Waals surface area contributed by atoms with Gasteiger partial charge in [-0.25, -0.2) is 19.5 Å². The average Bonchev–Trinajstić information content (AvgIpc) is 3.29. The molecule has 1 fully saturated rings. The summed E-state index contributed by atoms with van der Waals surface area (Å²) in [6.45, 7) is 4.64. The van der Waals surface area contributed by atoms with Crippen LogP contribution in [0.3, 0.4) is 0 Å². The first kappa shape index (κ1) is 14.9. The van der Waals surface area contributed by atoms with E-state index in [0.717, 1.165) is 37.5 Å². The highest BCUT2D eigenvalue weighted by molar-refractivity contribution is 5.37. The minimum absolute atomic E-state index is 0.458. The predicted molar refractivity (Wildman–Crippen MR) is 90.2 cm³/mol. The van der Waals surface area contributed by atoms with E-state index >= 15 is 0 Å². The number of hydrogen-bond acceptors (Lipinski definition) is 6. The van der Waals surface area contributed by atoms with E-state index in [9.17, 15) is 0 Å². The lowest BCUT2D eigenvalue weighted by atomic mass is 10.1. The Morgan fingerprint density at radius 3 is 2.92 bits per heavy atom. The number of rotatable bonds is 5. The molecule has 4 heterocycles. The van der Waals surface area contributed by atoms with Crippen molar-refractivity contribution >= 4 is 11.6 Å². The molecular weight excluding hydrogens is 304 g/mol. The van der Waals surface area contributed by atoms with Crippen LogP contribution in [-0.2, 0) is 6.42 Å². The van der Waals surface area contributed by atoms with Gasteiger partial charge in [0.15, 0.2) is 5.65 Å². The van der Waals surface area contributed by atoms with Gasteiger partial charge in [0, 0.05) is 49.9 Å². The zero-order valence-electron chi connectivity index (χ0n) is 13.7. The highest BCUT2D eigenvalue weighted by Crippen LogP contribution is 2.21. The quantitative estimate of drug-likeness (QED) is 0.715. The molecule has 7 heteroatoms. The lowest BCUT2D eigenvalue weighted by Gasteiger charge is -2.16. The standard InChI is InChI=1S/C17H20N6O/c1-2-13-9-19-17(20-10-13)22-7-5-14(11-22)12-24-16-4-3-15-18-6-8-23(15)21-16/h3-4,6,8-10,14H,2,5,7,11-12H2,1H3. The maximum absolute atomic E-state index is 5.86. The minimum Gasteiger partial charge on any atom is -0.476 e. The molecule has 0 spiro atoms. The van der Waals surface area contributed by atoms with Gasteiger partial charge in [-0.15, -0.1) is 5.10 Å². The summed E-state index contributed by atoms with van der Waals surface area (Å²) in [5, 5.41) is 4.39. The summed E-state index contributed by atoms with van der Waals surface area (Å²) in [5.74, 6) is 1.90. The number of imidazole rings is 1. The fourth-order valence-electron chi connectivity index (χ4n) is 2.92. The van der Waals surface area contributed by atoms with Crippen molar-refractivity contribution in [2.24, 2.45) is 5.92 Å². The number of anilines is 1. The number of aryl methyl sites for hydroxylation is 1. The van der Waals surface area contributed by atoms with Gasteiger partial charge in [0.25, 0.3) is 0 Å². The van der Waals surface area contributed by atoms with Crippen LogP contribution in [0.1, 0.15) is 18.9 Å². The van der Waals surface area contributed by atoms with E-state index in [1.807, 2.05) is 30.7 Å². The van der Waals surface area contributed by atoms with Crippen LogP contribution in [-0.4, -0.2) is 44.3 Å². The third-order valence-electron chi connectivity index (χ3n) is 4.37. The maximum Gasteiger partial charge on any atom is 0.231 e. The third-order valence-corrected chi connectivity index (χ3v) is 4.37. The Morgan fingerprint density at radius 1 is 1.21 bits per heavy atom. The molecule has 0 saturated carbocycles. The third kappa shape index (κ3) is 3.02. The fourth-order valence-corrected chi connectivity index (χ4v) is 2.92. The largest absolute Gasteiger partial charge is 0.476 e. The molecular formula is C17H20N6O. The van der Waals surface area contributed by atoms with E-state index in [0.29, 0.717) is 18.4 Å². The van der Waals surface area contributed by atoms with Crippen molar-refractivity contribution in [3.05, 3.63) is 42.5 Å². The Hall–Kier alpha value is -2.70. The van der Waals surface area contributed by atoms with Crippen LogP contribution in [0.5, 0.6) is 5.88 Å². The molecule has 24 heavy (non-hydrogen) atoms. The summed E-state index contributed by atoms with van der Waals surface area (Å²) in [6.07, 6.45) is 9.41. The van der Waals surface area contributed by atoms with Crippen LogP contribution in [0, 0.1) is 5.92 Å². The van der Waals surface area contributed by atoms with Crippen molar-refractivity contribution in [1.29, 1.82) is 0 Å². The Balaban J connectivity index is 1.34. The zero-order valence-corrected chi connectivity index (χ0v) is 13.7. The number of aromatic nitrogens is 5. The van der Waals surface area contributed by atoms with Gasteiger partial charge >= 0.3 is 0 Å². The predicted octanol–water partition coefficient (Wildman–Crippen LogP) is 1.99. The first-order valence-corrected chi connectivity index (χ1v) is 8.31. The van der Waals surface area contributed by atoms with Crippen molar-refractivity contribution in [2.75, 3.05) is 24.6 Å². The molecule has 3 aromatic heterocycles. The van der Waals surface area contributed by atoms with Crippen LogP contribution in [0.4, 0.5) is 5.95 Å². The molecule has 0 bridgehead atoms. The van der Waals surface area contributed by atoms with Crippen molar-refractivity contribution in [3.8, 4) is 5.88 Å². The SMILES string of the molecule is CCc1cnc(N2CCC(COc3ccc4nccn4n3)C2)nc1. The molecule has 124 valence electrons. The van der Waals surface area contributed by atoms with Gasteiger partial charge in [0.05, 0.1) is 6.61 Å². The summed E-state index contributed by atoms with van der Waals surface area (Å²) < 4.78 is 7.58. The summed E-state index contributed by atoms with van der Waals surface area (Å²) in [5.41, 5.74) is 1.99. The van der Waals surface area contributed by atoms with E-state index in [4.69, 9.17) is 4.74 Å². The number of fused-ring (bicyclic) bond motifs is 1. The van der Waals surface area contributed by atoms with E-state index in [1.54, 1.807) is 10.7 Å². The van der Waals surface area contributed by atoms with Gasteiger partial charge in [-0.3, -0.25) is 0 Å². The second kappa shape index (κ2) is 6.43. The average molecular weight is 324 g/mol. The topological polar surface area (TPSA) is 68.4 Å². The smallest absolute Gasteiger partial charge is 0.231 e. The molecule has 1 unspecified atom stereocenters. The Kier molecular flexibility index (Phi) is 3.98. The molecule has 1 aliphatic rings. The highest BCUT2D eigenvalue weighted by Gasteiger charge is 2.25. The van der Waals surface area contributed by atoms with Gasteiger partial charge in [-0.05, 0) is 24.5 Å². The number of ether oxygens (including phenoxy) is 1. The molecule has 1 aliphatic heterocycles. The van der Waals surface area contributed by atoms with Gasteiger partial charge in [0.2, 0.25) is 11.8 Å². The molecule has 0 aromatic carbocycles. The van der Waals surface area contributed by atoms with Gasteiger partial charge < -0.3 is 9.64 Å². The summed E-state index contributed by atoms with van der Waals surface area (Å²) in [6, 6.07) is 3.77. The molecule has 0 radical (unpaired) electrons. The maximum atomic E-state index is 5.86. The normalized spacial score (nSPS) is 17.5. The number of nitrogens with zero attached hydrogens (tertiary/aromatic N) is 6. The van der Waals surface area contributed by atoms with Crippen LogP contribution in [0.2, 0.25) is 0 Å². The second-order valence-corrected chi connectivity index (χ2v) is 6.06. The molecule has 7 nitrogen and oxygen atoms in total. The van der Waals surface area contributed by atoms with Crippen LogP contribution >= 0.6 is 0 Å². The van der Waals surface area contributed by atoms with Crippen molar-refractivity contribution in [1.82, 2.24) is 24.6 Å². The van der Waals surface area contributed by atoms with Crippen molar-refractivity contribution in [2.45, 2.75) is 19.8 Å². The molecule has 1 saturated heterocycles. The Labute approximate surface area is 140 Å². The molecule has 4 rings (SSSR count). The van der Waals surface area contributed by atoms with E-state index in [1.165, 1.54) is 5.56 Å². The molecule has 0 aliphatic carbocycles. The minimum atomic E-state index is 0.458. The van der Waals surface area contributed by atoms with Crippen molar-refractivity contribution < 1.29 is 4.74 Å². The Morgan fingerprint density at radius 2 is 2.08 bits per heavy atom. The van der Waals surface area contributed by atoms with E-state index in [2.05, 4.69) is 31.9 Å². The lowest BCUT2D eigenvalue weighted by molar-refractivity contribution is 0.249. The monoisotopic (exact) mass is 324 g/mol. The first-order chi connectivity index (χ1) is 11.8. The van der Waals surface area contributed by atoms with Gasteiger partial charge in [-0.2, -0.15) is 0 Å². The molecule has 0 amide bonds. The molecule has 3 aromatic rings. The summed E-state index contributed by atoms with van der Waals surface area (Å²) in [4.78, 5) is 15.3. The summed E-state index contributed by atoms with van der Waals surface area (Å²) >= 11 is 0. The molecule has 1 atom stereocenters. The number of hydrogen-bond donors (Lipinski definition) is 0. The Bertz CT molecular complexity index is 815. The van der Waals surface area contributed by atoms with Crippen LogP contribution in [0.15, 0.2) is 36.9 Å². The van der Waals surface area contributed by atoms with E-state index < -0.39 is 0 Å². The lowest BCUT2D eigenvalue weighted by Crippen LogP contribution is -2.23. The van der Waals surface area contributed by atoms with Gasteiger partial charge in [0.1, 0.15) is 0 Å².